The molecule has 0 radical (unpaired) electrons. The molecule has 0 aliphatic carbocycles. The van der Waals surface area contributed by atoms with Crippen molar-refractivity contribution in [2.75, 3.05) is 0 Å². The van der Waals surface area contributed by atoms with Gasteiger partial charge in [-0.15, -0.1) is 0 Å². The molecule has 0 fully saturated rings. The fourth-order valence-corrected chi connectivity index (χ4v) is 0.973. The molecular formula is C12H15N3O. The van der Waals surface area contributed by atoms with Gasteiger partial charge in [0.2, 0.25) is 5.88 Å². The van der Waals surface area contributed by atoms with E-state index in [1.54, 1.807) is 18.6 Å². The Morgan fingerprint density at radius 2 is 1.69 bits per heavy atom. The van der Waals surface area contributed by atoms with Crippen molar-refractivity contribution in [3.8, 4) is 11.6 Å². The smallest absolute Gasteiger partial charge is 0.219 e. The second-order valence-corrected chi connectivity index (χ2v) is 2.85. The molecule has 0 aromatic carbocycles. The molecule has 4 heteroatoms. The zero-order valence-electron chi connectivity index (χ0n) is 9.71. The molecule has 16 heavy (non-hydrogen) atoms. The third kappa shape index (κ3) is 3.65. The second kappa shape index (κ2) is 6.50. The third-order valence-electron chi connectivity index (χ3n) is 1.64. The number of hydrogen-bond acceptors (Lipinski definition) is 4. The topological polar surface area (TPSA) is 47.9 Å². The maximum Gasteiger partial charge on any atom is 0.219 e. The highest BCUT2D eigenvalue weighted by Crippen LogP contribution is 2.16. The van der Waals surface area contributed by atoms with Crippen LogP contribution in [-0.4, -0.2) is 15.0 Å². The molecular weight excluding hydrogens is 202 g/mol. The Morgan fingerprint density at radius 1 is 1.00 bits per heavy atom. The van der Waals surface area contributed by atoms with E-state index in [1.807, 2.05) is 32.9 Å². The maximum atomic E-state index is 5.40. The number of ether oxygens (including phenoxy) is 1. The molecule has 0 amide bonds. The van der Waals surface area contributed by atoms with Gasteiger partial charge in [0.25, 0.3) is 0 Å². The highest BCUT2D eigenvalue weighted by molar-refractivity contribution is 5.22. The Hall–Kier alpha value is -1.97. The van der Waals surface area contributed by atoms with Crippen LogP contribution in [0.15, 0.2) is 37.1 Å². The van der Waals surface area contributed by atoms with Crippen molar-refractivity contribution >= 4 is 0 Å². The maximum absolute atomic E-state index is 5.40. The first-order chi connectivity index (χ1) is 7.84. The summed E-state index contributed by atoms with van der Waals surface area (Å²) in [4.78, 5) is 11.8. The Labute approximate surface area is 95.4 Å². The summed E-state index contributed by atoms with van der Waals surface area (Å²) in [6.45, 7) is 5.97. The molecule has 0 spiro atoms. The SMILES string of the molecule is CC.Cc1ccc(Oc2cncnc2)nc1. The quantitative estimate of drug-likeness (QED) is 0.775. The molecule has 0 aliphatic heterocycles. The Balaban J connectivity index is 0.000000606. The predicted octanol–water partition coefficient (Wildman–Crippen LogP) is 3.00. The van der Waals surface area contributed by atoms with Crippen molar-refractivity contribution in [2.45, 2.75) is 20.8 Å². The zero-order chi connectivity index (χ0) is 11.8. The minimum absolute atomic E-state index is 0.547. The molecule has 0 unspecified atom stereocenters. The summed E-state index contributed by atoms with van der Waals surface area (Å²) < 4.78 is 5.40. The first-order valence-corrected chi connectivity index (χ1v) is 5.20. The van der Waals surface area contributed by atoms with Gasteiger partial charge in [0.15, 0.2) is 5.75 Å². The van der Waals surface area contributed by atoms with E-state index in [0.717, 1.165) is 5.56 Å². The Kier molecular flexibility index (Phi) is 4.92. The molecule has 2 aromatic heterocycles. The summed E-state index contributed by atoms with van der Waals surface area (Å²) in [6, 6.07) is 3.74. The molecule has 0 aliphatic rings. The van der Waals surface area contributed by atoms with Gasteiger partial charge in [0.1, 0.15) is 6.33 Å². The van der Waals surface area contributed by atoms with Gasteiger partial charge in [-0.05, 0) is 12.5 Å². The van der Waals surface area contributed by atoms with Crippen molar-refractivity contribution < 1.29 is 4.74 Å². The molecule has 2 aromatic rings. The van der Waals surface area contributed by atoms with Crippen molar-refractivity contribution in [2.24, 2.45) is 0 Å². The second-order valence-electron chi connectivity index (χ2n) is 2.85. The number of aromatic nitrogens is 3. The van der Waals surface area contributed by atoms with Gasteiger partial charge in [-0.1, -0.05) is 19.9 Å². The summed E-state index contributed by atoms with van der Waals surface area (Å²) in [6.07, 6.45) is 6.39. The van der Waals surface area contributed by atoms with Crippen LogP contribution in [0.1, 0.15) is 19.4 Å². The third-order valence-corrected chi connectivity index (χ3v) is 1.64. The average Bonchev–Trinajstić information content (AvgIpc) is 2.36. The first kappa shape index (κ1) is 12.1. The lowest BCUT2D eigenvalue weighted by molar-refractivity contribution is 0.458. The van der Waals surface area contributed by atoms with E-state index in [4.69, 9.17) is 4.74 Å². The van der Waals surface area contributed by atoms with Crippen LogP contribution in [0.3, 0.4) is 0 Å². The van der Waals surface area contributed by atoms with Crippen LogP contribution in [0.2, 0.25) is 0 Å². The van der Waals surface area contributed by atoms with Crippen LogP contribution in [0.5, 0.6) is 11.6 Å². The monoisotopic (exact) mass is 217 g/mol. The van der Waals surface area contributed by atoms with Crippen molar-refractivity contribution in [1.82, 2.24) is 15.0 Å². The number of pyridine rings is 1. The van der Waals surface area contributed by atoms with Crippen molar-refractivity contribution in [3.05, 3.63) is 42.6 Å². The van der Waals surface area contributed by atoms with Crippen molar-refractivity contribution in [3.63, 3.8) is 0 Å². The first-order valence-electron chi connectivity index (χ1n) is 5.20. The van der Waals surface area contributed by atoms with E-state index in [1.165, 1.54) is 6.33 Å². The van der Waals surface area contributed by atoms with Crippen LogP contribution >= 0.6 is 0 Å². The van der Waals surface area contributed by atoms with Gasteiger partial charge >= 0.3 is 0 Å². The molecule has 2 rings (SSSR count). The highest BCUT2D eigenvalue weighted by atomic mass is 16.5. The van der Waals surface area contributed by atoms with Gasteiger partial charge in [-0.2, -0.15) is 0 Å². The summed E-state index contributed by atoms with van der Waals surface area (Å²) in [7, 11) is 0. The van der Waals surface area contributed by atoms with Gasteiger partial charge in [0, 0.05) is 12.3 Å². The van der Waals surface area contributed by atoms with E-state index in [0.29, 0.717) is 11.6 Å². The van der Waals surface area contributed by atoms with Crippen LogP contribution in [0.25, 0.3) is 0 Å². The molecule has 84 valence electrons. The average molecular weight is 217 g/mol. The van der Waals surface area contributed by atoms with Crippen molar-refractivity contribution in [1.29, 1.82) is 0 Å². The normalized spacial score (nSPS) is 8.94. The summed E-state index contributed by atoms with van der Waals surface area (Å²) in [5.41, 5.74) is 1.10. The largest absolute Gasteiger partial charge is 0.436 e. The van der Waals surface area contributed by atoms with Crippen LogP contribution < -0.4 is 4.74 Å². The minimum atomic E-state index is 0.547. The van der Waals surface area contributed by atoms with Gasteiger partial charge in [-0.25, -0.2) is 15.0 Å². The molecule has 0 bridgehead atoms. The lowest BCUT2D eigenvalue weighted by atomic mass is 10.3. The number of hydrogen-bond donors (Lipinski definition) is 0. The van der Waals surface area contributed by atoms with E-state index < -0.39 is 0 Å². The fourth-order valence-electron chi connectivity index (χ4n) is 0.973. The molecule has 0 saturated heterocycles. The van der Waals surface area contributed by atoms with E-state index in [-0.39, 0.29) is 0 Å². The highest BCUT2D eigenvalue weighted by Gasteiger charge is 1.97. The van der Waals surface area contributed by atoms with E-state index in [2.05, 4.69) is 15.0 Å². The van der Waals surface area contributed by atoms with Gasteiger partial charge in [0.05, 0.1) is 12.4 Å². The fraction of sp³-hybridized carbons (Fsp3) is 0.250. The van der Waals surface area contributed by atoms with Gasteiger partial charge in [-0.3, -0.25) is 0 Å². The summed E-state index contributed by atoms with van der Waals surface area (Å²) in [5.74, 6) is 1.13. The summed E-state index contributed by atoms with van der Waals surface area (Å²) >= 11 is 0. The number of nitrogens with zero attached hydrogens (tertiary/aromatic N) is 3. The van der Waals surface area contributed by atoms with Gasteiger partial charge < -0.3 is 4.74 Å². The lowest BCUT2D eigenvalue weighted by Gasteiger charge is -2.02. The summed E-state index contributed by atoms with van der Waals surface area (Å²) in [5, 5.41) is 0. The molecule has 0 atom stereocenters. The van der Waals surface area contributed by atoms with Crippen LogP contribution in [-0.2, 0) is 0 Å². The standard InChI is InChI=1S/C10H9N3O.C2H6/c1-8-2-3-10(13-4-8)14-9-5-11-7-12-6-9;1-2/h2-7H,1H3;1-2H3. The van der Waals surface area contributed by atoms with Crippen LogP contribution in [0.4, 0.5) is 0 Å². The molecule has 0 N–H and O–H groups in total. The minimum Gasteiger partial charge on any atom is -0.436 e. The molecule has 4 nitrogen and oxygen atoms in total. The zero-order valence-corrected chi connectivity index (χ0v) is 9.71. The number of rotatable bonds is 2. The Bertz CT molecular complexity index is 400. The van der Waals surface area contributed by atoms with E-state index >= 15 is 0 Å². The lowest BCUT2D eigenvalue weighted by Crippen LogP contribution is -1.89. The molecule has 2 heterocycles. The molecule has 0 saturated carbocycles. The predicted molar refractivity (Wildman–Crippen MR) is 62.4 cm³/mol. The van der Waals surface area contributed by atoms with Crippen LogP contribution in [0, 0.1) is 6.92 Å². The van der Waals surface area contributed by atoms with E-state index in [9.17, 15) is 0 Å². The Morgan fingerprint density at radius 3 is 2.25 bits per heavy atom. The number of aryl methyl sites for hydroxylation is 1.